The molecular formula is C23H30N2O4S. The van der Waals surface area contributed by atoms with Crippen LogP contribution in [0.3, 0.4) is 0 Å². The number of fused-ring (bicyclic) bond motifs is 1. The molecule has 0 unspecified atom stereocenters. The van der Waals surface area contributed by atoms with Gasteiger partial charge in [0.25, 0.3) is 0 Å². The summed E-state index contributed by atoms with van der Waals surface area (Å²) >= 11 is 0. The van der Waals surface area contributed by atoms with Crippen molar-refractivity contribution < 1.29 is 18.3 Å². The van der Waals surface area contributed by atoms with E-state index >= 15 is 0 Å². The lowest BCUT2D eigenvalue weighted by Gasteiger charge is -2.36. The Kier molecular flexibility index (Phi) is 5.64. The minimum Gasteiger partial charge on any atom is -0.488 e. The van der Waals surface area contributed by atoms with Gasteiger partial charge in [-0.3, -0.25) is 4.98 Å². The third kappa shape index (κ3) is 4.85. The monoisotopic (exact) mass is 430 g/mol. The van der Waals surface area contributed by atoms with Crippen LogP contribution in [-0.2, 0) is 16.3 Å². The number of β-amino-alcohol motifs (C(OH)–C–C–N with tert-alkyl or cyclic N) is 1. The second-order valence-electron chi connectivity index (χ2n) is 9.26. The van der Waals surface area contributed by atoms with Crippen LogP contribution in [0.15, 0.2) is 41.4 Å². The van der Waals surface area contributed by atoms with Gasteiger partial charge in [-0.2, -0.15) is 0 Å². The molecule has 4 rings (SSSR count). The second-order valence-corrected chi connectivity index (χ2v) is 11.3. The normalized spacial score (nSPS) is 20.7. The number of piperidine rings is 1. The molecule has 0 aliphatic carbocycles. The highest BCUT2D eigenvalue weighted by Gasteiger charge is 2.34. The van der Waals surface area contributed by atoms with Gasteiger partial charge in [0.2, 0.25) is 0 Å². The van der Waals surface area contributed by atoms with Crippen LogP contribution >= 0.6 is 0 Å². The predicted octanol–water partition coefficient (Wildman–Crippen LogP) is 2.94. The summed E-state index contributed by atoms with van der Waals surface area (Å²) in [4.78, 5) is 7.18. The van der Waals surface area contributed by atoms with Crippen LogP contribution < -0.4 is 4.74 Å². The average Bonchev–Trinajstić information content (AvgIpc) is 3.10. The van der Waals surface area contributed by atoms with E-state index < -0.39 is 15.4 Å². The lowest BCUT2D eigenvalue weighted by molar-refractivity contribution is 0.0143. The number of hydrogen-bond donors (Lipinski definition) is 1. The molecule has 1 atom stereocenters. The second kappa shape index (κ2) is 7.94. The number of likely N-dealkylation sites (tertiary alicyclic amines) is 1. The molecular weight excluding hydrogens is 400 g/mol. The summed E-state index contributed by atoms with van der Waals surface area (Å²) in [6.45, 7) is 6.39. The molecule has 0 bridgehead atoms. The maximum atomic E-state index is 11.7. The van der Waals surface area contributed by atoms with E-state index in [1.165, 1.54) is 6.26 Å². The highest BCUT2D eigenvalue weighted by molar-refractivity contribution is 7.90. The Bertz CT molecular complexity index is 1000. The van der Waals surface area contributed by atoms with Crippen molar-refractivity contribution in [2.24, 2.45) is 5.92 Å². The first-order valence-electron chi connectivity index (χ1n) is 10.5. The molecule has 1 fully saturated rings. The van der Waals surface area contributed by atoms with Gasteiger partial charge < -0.3 is 14.7 Å². The smallest absolute Gasteiger partial charge is 0.175 e. The number of hydrogen-bond acceptors (Lipinski definition) is 6. The average molecular weight is 431 g/mol. The Morgan fingerprint density at radius 2 is 1.87 bits per heavy atom. The minimum absolute atomic E-state index is 0.175. The largest absolute Gasteiger partial charge is 0.488 e. The molecule has 1 aromatic heterocycles. The highest BCUT2D eigenvalue weighted by Crippen LogP contribution is 2.36. The van der Waals surface area contributed by atoms with Crippen LogP contribution in [0.1, 0.15) is 32.3 Å². The molecule has 3 heterocycles. The number of ether oxygens (including phenoxy) is 1. The quantitative estimate of drug-likeness (QED) is 0.786. The Hall–Kier alpha value is -1.96. The van der Waals surface area contributed by atoms with Crippen LogP contribution in [0, 0.1) is 5.92 Å². The van der Waals surface area contributed by atoms with Gasteiger partial charge in [0.05, 0.1) is 22.4 Å². The van der Waals surface area contributed by atoms with E-state index in [9.17, 15) is 13.5 Å². The van der Waals surface area contributed by atoms with Crippen molar-refractivity contribution in [3.63, 3.8) is 0 Å². The molecule has 7 heteroatoms. The third-order valence-electron chi connectivity index (χ3n) is 5.99. The molecule has 1 N–H and O–H groups in total. The fraction of sp³-hybridized carbons (Fsp3) is 0.522. The van der Waals surface area contributed by atoms with E-state index in [4.69, 9.17) is 4.74 Å². The van der Waals surface area contributed by atoms with Gasteiger partial charge in [-0.1, -0.05) is 12.1 Å². The molecule has 0 radical (unpaired) electrons. The van der Waals surface area contributed by atoms with Gasteiger partial charge in [-0.05, 0) is 63.9 Å². The summed E-state index contributed by atoms with van der Waals surface area (Å²) in [5.41, 5.74) is 2.23. The van der Waals surface area contributed by atoms with Crippen molar-refractivity contribution in [3.8, 4) is 17.0 Å². The molecule has 2 aliphatic rings. The Labute approximate surface area is 178 Å². The van der Waals surface area contributed by atoms with E-state index in [1.807, 2.05) is 13.8 Å². The van der Waals surface area contributed by atoms with Crippen molar-refractivity contribution in [2.45, 2.75) is 49.7 Å². The van der Waals surface area contributed by atoms with Crippen molar-refractivity contribution in [1.29, 1.82) is 0 Å². The number of aliphatic hydroxyl groups is 1. The van der Waals surface area contributed by atoms with Crippen molar-refractivity contribution in [1.82, 2.24) is 9.88 Å². The lowest BCUT2D eigenvalue weighted by atomic mass is 9.88. The summed E-state index contributed by atoms with van der Waals surface area (Å²) in [6.07, 6.45) is 6.20. The number of nitrogens with zero attached hydrogens (tertiary/aromatic N) is 2. The van der Waals surface area contributed by atoms with Crippen LogP contribution in [0.25, 0.3) is 11.3 Å². The minimum atomic E-state index is -3.20. The predicted molar refractivity (Wildman–Crippen MR) is 116 cm³/mol. The summed E-state index contributed by atoms with van der Waals surface area (Å²) in [6, 6.07) is 8.92. The van der Waals surface area contributed by atoms with Crippen molar-refractivity contribution >= 4 is 9.84 Å². The number of aromatic nitrogens is 1. The molecule has 162 valence electrons. The van der Waals surface area contributed by atoms with Crippen LogP contribution in [0.4, 0.5) is 0 Å². The van der Waals surface area contributed by atoms with Crippen LogP contribution in [-0.4, -0.2) is 61.0 Å². The number of benzene rings is 1. The molecule has 2 aromatic rings. The maximum Gasteiger partial charge on any atom is 0.175 e. The SMILES string of the molecule is CC(C)(O)CN1CCC([C@@H]2Cc3cc(-c4ccc(S(C)(=O)=O)cc4)ncc3O2)CC1. The van der Waals surface area contributed by atoms with Gasteiger partial charge in [0.1, 0.15) is 11.9 Å². The molecule has 1 saturated heterocycles. The molecule has 0 spiro atoms. The van der Waals surface area contributed by atoms with E-state index in [0.29, 0.717) is 17.4 Å². The Morgan fingerprint density at radius 1 is 1.20 bits per heavy atom. The standard InChI is InChI=1S/C23H30N2O4S/c1-23(2,26)15-25-10-8-17(9-11-25)21-13-18-12-20(24-14-22(18)29-21)16-4-6-19(7-5-16)30(3,27)28/h4-7,12,14,17,21,26H,8-11,13,15H2,1-3H3/t21-/m0/s1. The molecule has 30 heavy (non-hydrogen) atoms. The van der Waals surface area contributed by atoms with Gasteiger partial charge in [-0.15, -0.1) is 0 Å². The fourth-order valence-electron chi connectivity index (χ4n) is 4.50. The summed E-state index contributed by atoms with van der Waals surface area (Å²) in [5.74, 6) is 1.36. The summed E-state index contributed by atoms with van der Waals surface area (Å²) < 4.78 is 29.6. The summed E-state index contributed by atoms with van der Waals surface area (Å²) in [7, 11) is -3.20. The van der Waals surface area contributed by atoms with Crippen molar-refractivity contribution in [2.75, 3.05) is 25.9 Å². The summed E-state index contributed by atoms with van der Waals surface area (Å²) in [5, 5.41) is 10.0. The van der Waals surface area contributed by atoms with E-state index in [-0.39, 0.29) is 6.10 Å². The van der Waals surface area contributed by atoms with Gasteiger partial charge in [0.15, 0.2) is 9.84 Å². The number of sulfone groups is 1. The zero-order valence-electron chi connectivity index (χ0n) is 17.8. The molecule has 0 amide bonds. The number of rotatable bonds is 5. The van der Waals surface area contributed by atoms with Gasteiger partial charge >= 0.3 is 0 Å². The molecule has 6 nitrogen and oxygen atoms in total. The Balaban J connectivity index is 1.41. The Morgan fingerprint density at radius 3 is 2.47 bits per heavy atom. The topological polar surface area (TPSA) is 79.7 Å². The zero-order chi connectivity index (χ0) is 21.5. The third-order valence-corrected chi connectivity index (χ3v) is 7.12. The van der Waals surface area contributed by atoms with Crippen molar-refractivity contribution in [3.05, 3.63) is 42.1 Å². The molecule has 2 aliphatic heterocycles. The fourth-order valence-corrected chi connectivity index (χ4v) is 5.13. The van der Waals surface area contributed by atoms with E-state index in [0.717, 1.165) is 54.9 Å². The first-order valence-corrected chi connectivity index (χ1v) is 12.4. The maximum absolute atomic E-state index is 11.7. The van der Waals surface area contributed by atoms with Crippen LogP contribution in [0.5, 0.6) is 5.75 Å². The van der Waals surface area contributed by atoms with E-state index in [1.54, 1.807) is 30.5 Å². The lowest BCUT2D eigenvalue weighted by Crippen LogP contribution is -2.45. The van der Waals surface area contributed by atoms with E-state index in [2.05, 4.69) is 16.0 Å². The highest BCUT2D eigenvalue weighted by atomic mass is 32.2. The molecule has 0 saturated carbocycles. The first kappa shape index (κ1) is 21.3. The molecule has 1 aromatic carbocycles. The number of pyridine rings is 1. The van der Waals surface area contributed by atoms with Gasteiger partial charge in [-0.25, -0.2) is 8.42 Å². The first-order chi connectivity index (χ1) is 14.1. The zero-order valence-corrected chi connectivity index (χ0v) is 18.7. The van der Waals surface area contributed by atoms with Gasteiger partial charge in [0, 0.05) is 30.3 Å². The van der Waals surface area contributed by atoms with Crippen LogP contribution in [0.2, 0.25) is 0 Å².